The summed E-state index contributed by atoms with van der Waals surface area (Å²) in [6.45, 7) is 1.73. The van der Waals surface area contributed by atoms with E-state index in [1.54, 1.807) is 12.1 Å². The molecule has 2 aromatic rings. The van der Waals surface area contributed by atoms with Gasteiger partial charge in [-0.15, -0.1) is 0 Å². The molecule has 0 aliphatic carbocycles. The van der Waals surface area contributed by atoms with Crippen molar-refractivity contribution >= 4 is 21.6 Å². The first-order valence-electron chi connectivity index (χ1n) is 8.61. The Bertz CT molecular complexity index is 976. The summed E-state index contributed by atoms with van der Waals surface area (Å²) in [7, 11) is -0.901. The molecule has 2 aromatic carbocycles. The Labute approximate surface area is 164 Å². The molecule has 0 saturated carbocycles. The molecular weight excluding hydrogens is 384 g/mol. The zero-order chi connectivity index (χ0) is 20.3. The van der Waals surface area contributed by atoms with Crippen molar-refractivity contribution in [2.45, 2.75) is 17.9 Å². The van der Waals surface area contributed by atoms with Gasteiger partial charge in [0.2, 0.25) is 15.9 Å². The number of methoxy groups -OCH3 is 1. The van der Waals surface area contributed by atoms with Crippen LogP contribution in [0.3, 0.4) is 0 Å². The summed E-state index contributed by atoms with van der Waals surface area (Å²) in [5, 5.41) is 2.60. The summed E-state index contributed by atoms with van der Waals surface area (Å²) in [6.07, 6.45) is -0.435. The number of carbonyl (C=O) groups excluding carboxylic acids is 1. The van der Waals surface area contributed by atoms with Crippen molar-refractivity contribution in [2.24, 2.45) is 0 Å². The molecular formula is C19H22N2O6S. The first kappa shape index (κ1) is 20.0. The maximum absolute atomic E-state index is 12.9. The van der Waals surface area contributed by atoms with Crippen molar-refractivity contribution in [3.63, 3.8) is 0 Å². The number of nitrogens with one attached hydrogen (secondary N) is 1. The monoisotopic (exact) mass is 406 g/mol. The van der Waals surface area contributed by atoms with Crippen LogP contribution in [0.5, 0.6) is 17.2 Å². The molecule has 0 bridgehead atoms. The van der Waals surface area contributed by atoms with E-state index in [1.807, 2.05) is 12.1 Å². The molecule has 3 rings (SSSR count). The van der Waals surface area contributed by atoms with Crippen LogP contribution in [0.4, 0.5) is 5.69 Å². The van der Waals surface area contributed by atoms with Crippen molar-refractivity contribution in [1.82, 2.24) is 4.31 Å². The summed E-state index contributed by atoms with van der Waals surface area (Å²) in [6, 6.07) is 11.6. The summed E-state index contributed by atoms with van der Waals surface area (Å²) in [5.41, 5.74) is 0.400. The summed E-state index contributed by atoms with van der Waals surface area (Å²) >= 11 is 0. The number of nitrogens with zero attached hydrogens (tertiary/aromatic N) is 1. The summed E-state index contributed by atoms with van der Waals surface area (Å²) < 4.78 is 43.8. The Morgan fingerprint density at radius 1 is 1.25 bits per heavy atom. The first-order chi connectivity index (χ1) is 13.3. The fourth-order valence-electron chi connectivity index (χ4n) is 2.84. The number of para-hydroxylation sites is 2. The van der Waals surface area contributed by atoms with Crippen LogP contribution in [-0.4, -0.2) is 52.0 Å². The minimum Gasteiger partial charge on any atom is -0.495 e. The molecule has 1 amide bonds. The average Bonchev–Trinajstić information content (AvgIpc) is 2.67. The highest BCUT2D eigenvalue weighted by molar-refractivity contribution is 7.89. The average molecular weight is 406 g/mol. The maximum Gasteiger partial charge on any atom is 0.243 e. The molecule has 8 nitrogen and oxygen atoms in total. The molecule has 1 heterocycles. The van der Waals surface area contributed by atoms with Gasteiger partial charge in [-0.1, -0.05) is 12.1 Å². The number of likely N-dealkylation sites (N-methyl/N-ethyl adjacent to an activating group) is 1. The van der Waals surface area contributed by atoms with E-state index >= 15 is 0 Å². The van der Waals surface area contributed by atoms with Crippen molar-refractivity contribution in [3.05, 3.63) is 42.5 Å². The van der Waals surface area contributed by atoms with Gasteiger partial charge >= 0.3 is 0 Å². The van der Waals surface area contributed by atoms with Crippen LogP contribution in [0.15, 0.2) is 47.4 Å². The maximum atomic E-state index is 12.9. The van der Waals surface area contributed by atoms with Gasteiger partial charge in [-0.05, 0) is 24.3 Å². The Kier molecular flexibility index (Phi) is 5.76. The zero-order valence-electron chi connectivity index (χ0n) is 15.8. The number of benzene rings is 2. The number of carbonyl (C=O) groups is 1. The molecule has 28 heavy (non-hydrogen) atoms. The number of hydrogen-bond acceptors (Lipinski definition) is 6. The van der Waals surface area contributed by atoms with Crippen LogP contribution >= 0.6 is 0 Å². The molecule has 1 atom stereocenters. The highest BCUT2D eigenvalue weighted by Gasteiger charge is 2.28. The van der Waals surface area contributed by atoms with Gasteiger partial charge in [-0.25, -0.2) is 8.42 Å². The molecule has 150 valence electrons. The summed E-state index contributed by atoms with van der Waals surface area (Å²) in [4.78, 5) is 11.3. The Hall–Kier alpha value is -2.78. The Balaban J connectivity index is 1.76. The lowest BCUT2D eigenvalue weighted by Crippen LogP contribution is -2.41. The van der Waals surface area contributed by atoms with Gasteiger partial charge in [-0.3, -0.25) is 4.79 Å². The van der Waals surface area contributed by atoms with E-state index in [4.69, 9.17) is 14.2 Å². The quantitative estimate of drug-likeness (QED) is 0.790. The van der Waals surface area contributed by atoms with Gasteiger partial charge in [0.25, 0.3) is 0 Å². The molecule has 1 aliphatic rings. The lowest BCUT2D eigenvalue weighted by Gasteiger charge is -2.29. The molecule has 1 N–H and O–H groups in total. The molecule has 0 unspecified atom stereocenters. The second-order valence-corrected chi connectivity index (χ2v) is 8.37. The van der Waals surface area contributed by atoms with Crippen molar-refractivity contribution in [1.29, 1.82) is 0 Å². The number of sulfonamides is 1. The zero-order valence-corrected chi connectivity index (χ0v) is 16.7. The van der Waals surface area contributed by atoms with E-state index in [-0.39, 0.29) is 29.7 Å². The molecule has 9 heteroatoms. The fourth-order valence-corrected chi connectivity index (χ4v) is 4.06. The third kappa shape index (κ3) is 4.20. The van der Waals surface area contributed by atoms with Gasteiger partial charge < -0.3 is 19.5 Å². The molecule has 0 aromatic heterocycles. The minimum absolute atomic E-state index is 0.0538. The van der Waals surface area contributed by atoms with Crippen molar-refractivity contribution < 1.29 is 27.4 Å². The van der Waals surface area contributed by atoms with Crippen LogP contribution < -0.4 is 19.5 Å². The molecule has 0 saturated heterocycles. The molecule has 0 spiro atoms. The molecule has 0 fully saturated rings. The number of hydrogen-bond donors (Lipinski definition) is 1. The van der Waals surface area contributed by atoms with Crippen LogP contribution in [0.1, 0.15) is 6.92 Å². The van der Waals surface area contributed by atoms with E-state index < -0.39 is 16.1 Å². The third-order valence-corrected chi connectivity index (χ3v) is 6.04. The van der Waals surface area contributed by atoms with E-state index in [2.05, 4.69) is 5.32 Å². The number of amides is 1. The van der Waals surface area contributed by atoms with Crippen LogP contribution in [0.25, 0.3) is 0 Å². The first-order valence-corrected chi connectivity index (χ1v) is 10.1. The number of fused-ring (bicyclic) bond motifs is 1. The predicted molar refractivity (Wildman–Crippen MR) is 103 cm³/mol. The topological polar surface area (TPSA) is 94.2 Å². The van der Waals surface area contributed by atoms with E-state index in [1.165, 1.54) is 43.6 Å². The fraction of sp³-hybridized carbons (Fsp3) is 0.316. The Morgan fingerprint density at radius 3 is 2.64 bits per heavy atom. The number of anilines is 1. The second kappa shape index (κ2) is 8.07. The van der Waals surface area contributed by atoms with Crippen LogP contribution in [-0.2, 0) is 14.8 Å². The minimum atomic E-state index is -3.79. The van der Waals surface area contributed by atoms with E-state index in [9.17, 15) is 13.2 Å². The second-order valence-electron chi connectivity index (χ2n) is 6.33. The molecule has 1 aliphatic heterocycles. The normalized spacial score (nSPS) is 15.9. The van der Waals surface area contributed by atoms with Crippen molar-refractivity contribution in [2.75, 3.05) is 32.6 Å². The lowest BCUT2D eigenvalue weighted by atomic mass is 10.2. The number of ether oxygens (including phenoxy) is 3. The predicted octanol–water partition coefficient (Wildman–Crippen LogP) is 2.11. The van der Waals surface area contributed by atoms with E-state index in [0.29, 0.717) is 17.2 Å². The SMILES string of the molecule is COc1cc(S(=O)(=O)N(C)C[C@H]2COc3ccccc3O2)ccc1NC(C)=O. The van der Waals surface area contributed by atoms with Gasteiger partial charge in [0.15, 0.2) is 11.5 Å². The van der Waals surface area contributed by atoms with E-state index in [0.717, 1.165) is 0 Å². The summed E-state index contributed by atoms with van der Waals surface area (Å²) in [5.74, 6) is 1.21. The van der Waals surface area contributed by atoms with Gasteiger partial charge in [0.1, 0.15) is 18.5 Å². The number of rotatable bonds is 6. The van der Waals surface area contributed by atoms with Gasteiger partial charge in [-0.2, -0.15) is 4.31 Å². The third-order valence-electron chi connectivity index (χ3n) is 4.22. The largest absolute Gasteiger partial charge is 0.495 e. The van der Waals surface area contributed by atoms with Gasteiger partial charge in [0, 0.05) is 20.0 Å². The van der Waals surface area contributed by atoms with Gasteiger partial charge in [0.05, 0.1) is 24.2 Å². The highest BCUT2D eigenvalue weighted by atomic mass is 32.2. The molecule has 0 radical (unpaired) electrons. The Morgan fingerprint density at radius 2 is 1.96 bits per heavy atom. The standard InChI is InChI=1S/C19H22N2O6S/c1-13(22)20-16-9-8-15(10-19(16)25-3)28(23,24)21(2)11-14-12-26-17-6-4-5-7-18(17)27-14/h4-10,14H,11-12H2,1-3H3,(H,20,22)/t14-/m0/s1. The smallest absolute Gasteiger partial charge is 0.243 e. The van der Waals surface area contributed by atoms with Crippen molar-refractivity contribution in [3.8, 4) is 17.2 Å². The van der Waals surface area contributed by atoms with Crippen LogP contribution in [0, 0.1) is 0 Å². The highest BCUT2D eigenvalue weighted by Crippen LogP contribution is 2.32. The lowest BCUT2D eigenvalue weighted by molar-refractivity contribution is -0.114. The van der Waals surface area contributed by atoms with Crippen LogP contribution in [0.2, 0.25) is 0 Å².